The van der Waals surface area contributed by atoms with Crippen LogP contribution in [0.3, 0.4) is 0 Å². The van der Waals surface area contributed by atoms with Gasteiger partial charge in [-0.15, -0.1) is 0 Å². The van der Waals surface area contributed by atoms with E-state index in [1.54, 1.807) is 31.2 Å². The highest BCUT2D eigenvalue weighted by Gasteiger charge is 2.26. The van der Waals surface area contributed by atoms with Crippen molar-refractivity contribution < 1.29 is 41.4 Å². The van der Waals surface area contributed by atoms with Crippen LogP contribution in [0.25, 0.3) is 17.0 Å². The number of furan rings is 1. The molecule has 1 aromatic carbocycles. The number of rotatable bonds is 10. The molecule has 0 fully saturated rings. The van der Waals surface area contributed by atoms with Crippen LogP contribution in [0.2, 0.25) is 0 Å². The first kappa shape index (κ1) is 29.3. The van der Waals surface area contributed by atoms with Gasteiger partial charge in [-0.25, -0.2) is 9.59 Å². The van der Waals surface area contributed by atoms with E-state index < -0.39 is 41.4 Å². The van der Waals surface area contributed by atoms with Gasteiger partial charge in [-0.1, -0.05) is 25.1 Å². The van der Waals surface area contributed by atoms with Crippen molar-refractivity contribution in [2.24, 2.45) is 0 Å². The van der Waals surface area contributed by atoms with Crippen LogP contribution >= 0.6 is 0 Å². The number of amides is 1. The minimum atomic E-state index is -4.26. The summed E-state index contributed by atoms with van der Waals surface area (Å²) in [6, 6.07) is 7.57. The Balaban J connectivity index is 1.72. The van der Waals surface area contributed by atoms with Crippen molar-refractivity contribution >= 4 is 28.9 Å². The van der Waals surface area contributed by atoms with Crippen LogP contribution < -0.4 is 10.9 Å². The number of methoxy groups -OCH3 is 1. The van der Waals surface area contributed by atoms with E-state index >= 15 is 0 Å². The Labute approximate surface area is 221 Å². The van der Waals surface area contributed by atoms with Crippen molar-refractivity contribution in [2.75, 3.05) is 7.11 Å². The van der Waals surface area contributed by atoms with E-state index in [4.69, 9.17) is 8.83 Å². The zero-order chi connectivity index (χ0) is 28.7. The first-order valence-corrected chi connectivity index (χ1v) is 12.1. The minimum Gasteiger partial charge on any atom is -0.507 e. The Morgan fingerprint density at radius 3 is 2.59 bits per heavy atom. The normalized spacial score (nSPS) is 13.1. The molecule has 11 heteroatoms. The maximum Gasteiger partial charge on any atom is 0.410 e. The van der Waals surface area contributed by atoms with Gasteiger partial charge in [0.05, 0.1) is 7.11 Å². The molecule has 3 aromatic rings. The van der Waals surface area contributed by atoms with E-state index in [1.807, 2.05) is 0 Å². The number of carbonyl (C=O) groups is 2. The fourth-order valence-electron chi connectivity index (χ4n) is 3.79. The SMILES string of the molecule is COC(=O)N/C=C/CCC(C)c1cc(O)c(C(=O)/C(C)=C/c2cc3ccc(CCC(F)(F)F)cc3o2)c(=O)o1. The van der Waals surface area contributed by atoms with Crippen molar-refractivity contribution in [3.63, 3.8) is 0 Å². The maximum atomic E-state index is 13.0. The van der Waals surface area contributed by atoms with Gasteiger partial charge in [0.25, 0.3) is 0 Å². The first-order chi connectivity index (χ1) is 18.4. The second-order valence-corrected chi connectivity index (χ2v) is 9.01. The number of benzene rings is 1. The summed E-state index contributed by atoms with van der Waals surface area (Å²) < 4.78 is 53.0. The molecule has 39 heavy (non-hydrogen) atoms. The van der Waals surface area contributed by atoms with Crippen LogP contribution in [0.5, 0.6) is 5.75 Å². The number of fused-ring (bicyclic) bond motifs is 1. The van der Waals surface area contributed by atoms with Gasteiger partial charge in [0.1, 0.15) is 28.4 Å². The molecule has 2 N–H and O–H groups in total. The third-order valence-corrected chi connectivity index (χ3v) is 5.95. The van der Waals surface area contributed by atoms with Gasteiger partial charge >= 0.3 is 17.9 Å². The lowest BCUT2D eigenvalue weighted by molar-refractivity contribution is -0.134. The Hall–Kier alpha value is -4.28. The lowest BCUT2D eigenvalue weighted by atomic mass is 9.99. The molecule has 0 spiro atoms. The molecule has 8 nitrogen and oxygen atoms in total. The number of alkyl carbamates (subject to hydrolysis) is 1. The van der Waals surface area contributed by atoms with E-state index in [0.29, 0.717) is 29.4 Å². The van der Waals surface area contributed by atoms with Crippen LogP contribution in [0, 0.1) is 0 Å². The average molecular weight is 548 g/mol. The highest BCUT2D eigenvalue weighted by atomic mass is 19.4. The third kappa shape index (κ3) is 8.10. The lowest BCUT2D eigenvalue weighted by Gasteiger charge is -2.11. The van der Waals surface area contributed by atoms with Gasteiger partial charge in [0.2, 0.25) is 0 Å². The number of hydrogen-bond acceptors (Lipinski definition) is 7. The van der Waals surface area contributed by atoms with Crippen molar-refractivity contribution in [3.05, 3.63) is 81.2 Å². The van der Waals surface area contributed by atoms with Gasteiger partial charge in [-0.05, 0) is 50.0 Å². The monoisotopic (exact) mass is 547 g/mol. The van der Waals surface area contributed by atoms with Gasteiger partial charge < -0.3 is 18.7 Å². The van der Waals surface area contributed by atoms with E-state index in [1.165, 1.54) is 38.4 Å². The summed E-state index contributed by atoms with van der Waals surface area (Å²) in [5.74, 6) is -1.10. The average Bonchev–Trinajstić information content (AvgIpc) is 3.27. The van der Waals surface area contributed by atoms with Crippen LogP contribution in [-0.2, 0) is 11.2 Å². The topological polar surface area (TPSA) is 119 Å². The molecular weight excluding hydrogens is 519 g/mol. The molecule has 2 aromatic heterocycles. The highest BCUT2D eigenvalue weighted by Crippen LogP contribution is 2.28. The van der Waals surface area contributed by atoms with Crippen molar-refractivity contribution in [3.8, 4) is 5.75 Å². The summed E-state index contributed by atoms with van der Waals surface area (Å²) in [6.45, 7) is 3.22. The number of halogens is 3. The van der Waals surface area contributed by atoms with Crippen LogP contribution in [0.15, 0.2) is 61.8 Å². The summed E-state index contributed by atoms with van der Waals surface area (Å²) in [7, 11) is 1.24. The number of nitrogens with one attached hydrogen (secondary N) is 1. The number of ether oxygens (including phenoxy) is 1. The molecule has 0 saturated carbocycles. The van der Waals surface area contributed by atoms with Crippen LogP contribution in [-0.4, -0.2) is 30.3 Å². The molecule has 0 aliphatic rings. The molecule has 0 aliphatic heterocycles. The fraction of sp³-hybridized carbons (Fsp3) is 0.321. The number of allylic oxidation sites excluding steroid dienone is 2. The van der Waals surface area contributed by atoms with E-state index in [2.05, 4.69) is 10.1 Å². The molecule has 208 valence electrons. The summed E-state index contributed by atoms with van der Waals surface area (Å²) >= 11 is 0. The number of alkyl halides is 3. The number of hydrogen-bond donors (Lipinski definition) is 2. The Morgan fingerprint density at radius 1 is 1.18 bits per heavy atom. The predicted octanol–water partition coefficient (Wildman–Crippen LogP) is 6.63. The quantitative estimate of drug-likeness (QED) is 0.216. The van der Waals surface area contributed by atoms with Gasteiger partial charge in [0, 0.05) is 35.6 Å². The second kappa shape index (κ2) is 12.5. The molecule has 3 rings (SSSR count). The molecule has 0 bridgehead atoms. The fourth-order valence-corrected chi connectivity index (χ4v) is 3.79. The smallest absolute Gasteiger partial charge is 0.410 e. The highest BCUT2D eigenvalue weighted by molar-refractivity contribution is 6.12. The molecule has 0 saturated heterocycles. The Bertz CT molecular complexity index is 1460. The number of ketones is 1. The molecule has 1 amide bonds. The summed E-state index contributed by atoms with van der Waals surface area (Å²) in [5, 5.41) is 13.5. The molecular formula is C28H28F3NO7. The molecule has 1 unspecified atom stereocenters. The summed E-state index contributed by atoms with van der Waals surface area (Å²) in [4.78, 5) is 36.6. The third-order valence-electron chi connectivity index (χ3n) is 5.95. The second-order valence-electron chi connectivity index (χ2n) is 9.01. The van der Waals surface area contributed by atoms with Crippen molar-refractivity contribution in [1.82, 2.24) is 5.32 Å². The number of carbonyl (C=O) groups excluding carboxylic acids is 2. The van der Waals surface area contributed by atoms with Crippen molar-refractivity contribution in [1.29, 1.82) is 0 Å². The predicted molar refractivity (Wildman–Crippen MR) is 138 cm³/mol. The first-order valence-electron chi connectivity index (χ1n) is 12.1. The molecule has 2 heterocycles. The van der Waals surface area contributed by atoms with Gasteiger partial charge in [0.15, 0.2) is 5.78 Å². The van der Waals surface area contributed by atoms with Crippen LogP contribution in [0.1, 0.15) is 66.5 Å². The maximum absolute atomic E-state index is 13.0. The van der Waals surface area contributed by atoms with Crippen LogP contribution in [0.4, 0.5) is 18.0 Å². The molecule has 0 radical (unpaired) electrons. The summed E-state index contributed by atoms with van der Waals surface area (Å²) in [5.41, 5.74) is -0.608. The van der Waals surface area contributed by atoms with Gasteiger partial charge in [-0.3, -0.25) is 10.1 Å². The zero-order valence-corrected chi connectivity index (χ0v) is 21.6. The summed E-state index contributed by atoms with van der Waals surface area (Å²) in [6.07, 6.45) is -0.449. The van der Waals surface area contributed by atoms with E-state index in [9.17, 15) is 32.7 Å². The van der Waals surface area contributed by atoms with E-state index in [-0.39, 0.29) is 29.4 Å². The zero-order valence-electron chi connectivity index (χ0n) is 21.6. The minimum absolute atomic E-state index is 0.0815. The molecule has 1 atom stereocenters. The van der Waals surface area contributed by atoms with Gasteiger partial charge in [-0.2, -0.15) is 13.2 Å². The van der Waals surface area contributed by atoms with E-state index in [0.717, 1.165) is 0 Å². The molecule has 0 aliphatic carbocycles. The van der Waals surface area contributed by atoms with Crippen molar-refractivity contribution in [2.45, 2.75) is 51.6 Å². The standard InChI is InChI=1S/C28H28F3NO7/c1-16(6-4-5-11-32-27(36)37-3)22-15-21(33)24(26(35)39-22)25(34)17(2)12-20-14-19-8-7-18(13-23(19)38-20)9-10-28(29,30)31/h5,7-8,11-16,33H,4,6,9-10H2,1-3H3,(H,32,36)/b11-5+,17-12+. The number of Topliss-reactive ketones (excluding diaryl/α,β-unsaturated/α-hetero) is 1. The largest absolute Gasteiger partial charge is 0.507 e. The Morgan fingerprint density at radius 2 is 1.92 bits per heavy atom. The Kier molecular flexibility index (Phi) is 9.39. The number of aromatic hydroxyl groups is 1. The number of aryl methyl sites for hydroxylation is 1. The lowest BCUT2D eigenvalue weighted by Crippen LogP contribution is -2.16.